The van der Waals surface area contributed by atoms with Crippen LogP contribution in [-0.4, -0.2) is 36.1 Å². The van der Waals surface area contributed by atoms with E-state index in [4.69, 9.17) is 13.9 Å². The second-order valence-corrected chi connectivity index (χ2v) is 6.45. The van der Waals surface area contributed by atoms with Gasteiger partial charge in [0.1, 0.15) is 11.5 Å². The SMILES string of the molecule is COc1cc(OC)cc(-c2nnc(SCC(=O)NCc3ccccc3)o2)c1. The van der Waals surface area contributed by atoms with Crippen molar-refractivity contribution in [2.24, 2.45) is 0 Å². The van der Waals surface area contributed by atoms with Gasteiger partial charge in [0, 0.05) is 18.2 Å². The van der Waals surface area contributed by atoms with Crippen LogP contribution in [0.5, 0.6) is 11.5 Å². The van der Waals surface area contributed by atoms with Crippen molar-refractivity contribution >= 4 is 17.7 Å². The van der Waals surface area contributed by atoms with Crippen LogP contribution in [0.15, 0.2) is 58.2 Å². The summed E-state index contributed by atoms with van der Waals surface area (Å²) in [5.74, 6) is 1.66. The molecule has 1 N–H and O–H groups in total. The maximum atomic E-state index is 12.0. The minimum atomic E-state index is -0.105. The molecule has 8 heteroatoms. The first-order chi connectivity index (χ1) is 13.2. The lowest BCUT2D eigenvalue weighted by Gasteiger charge is -2.05. The van der Waals surface area contributed by atoms with Gasteiger partial charge in [-0.05, 0) is 17.7 Å². The molecule has 3 aromatic rings. The minimum absolute atomic E-state index is 0.105. The maximum absolute atomic E-state index is 12.0. The van der Waals surface area contributed by atoms with Gasteiger partial charge in [-0.25, -0.2) is 0 Å². The molecular formula is C19H19N3O4S. The van der Waals surface area contributed by atoms with Gasteiger partial charge in [-0.15, -0.1) is 10.2 Å². The summed E-state index contributed by atoms with van der Waals surface area (Å²) in [6.45, 7) is 0.485. The van der Waals surface area contributed by atoms with Gasteiger partial charge in [0.25, 0.3) is 5.22 Å². The number of hydrogen-bond acceptors (Lipinski definition) is 7. The number of methoxy groups -OCH3 is 2. The van der Waals surface area contributed by atoms with Crippen molar-refractivity contribution in [1.82, 2.24) is 15.5 Å². The number of amides is 1. The molecule has 0 unspecified atom stereocenters. The van der Waals surface area contributed by atoms with Gasteiger partial charge in [0.2, 0.25) is 11.8 Å². The second kappa shape index (κ2) is 9.09. The summed E-state index contributed by atoms with van der Waals surface area (Å²) in [5.41, 5.74) is 1.72. The normalized spacial score (nSPS) is 10.4. The number of ether oxygens (including phenoxy) is 2. The Morgan fingerprint density at radius 3 is 2.44 bits per heavy atom. The Morgan fingerprint density at radius 1 is 1.07 bits per heavy atom. The number of nitrogens with one attached hydrogen (secondary N) is 1. The molecule has 1 amide bonds. The van der Waals surface area contributed by atoms with Crippen molar-refractivity contribution < 1.29 is 18.7 Å². The molecule has 1 aromatic heterocycles. The maximum Gasteiger partial charge on any atom is 0.277 e. The molecule has 0 aliphatic rings. The van der Waals surface area contributed by atoms with Crippen LogP contribution in [0.3, 0.4) is 0 Å². The number of carbonyl (C=O) groups excluding carboxylic acids is 1. The van der Waals surface area contributed by atoms with Crippen LogP contribution in [-0.2, 0) is 11.3 Å². The first-order valence-corrected chi connectivity index (χ1v) is 9.17. The fourth-order valence-corrected chi connectivity index (χ4v) is 2.88. The number of nitrogens with zero attached hydrogens (tertiary/aromatic N) is 2. The van der Waals surface area contributed by atoms with Gasteiger partial charge in [0.05, 0.1) is 20.0 Å². The summed E-state index contributed by atoms with van der Waals surface area (Å²) in [6.07, 6.45) is 0. The molecule has 3 rings (SSSR count). The van der Waals surface area contributed by atoms with E-state index >= 15 is 0 Å². The van der Waals surface area contributed by atoms with E-state index in [1.807, 2.05) is 30.3 Å². The van der Waals surface area contributed by atoms with E-state index in [1.54, 1.807) is 32.4 Å². The number of hydrogen-bond donors (Lipinski definition) is 1. The number of benzene rings is 2. The lowest BCUT2D eigenvalue weighted by Crippen LogP contribution is -2.24. The molecule has 0 aliphatic carbocycles. The quantitative estimate of drug-likeness (QED) is 0.596. The molecule has 0 aliphatic heterocycles. The van der Waals surface area contributed by atoms with Crippen LogP contribution in [0.25, 0.3) is 11.5 Å². The molecular weight excluding hydrogens is 366 g/mol. The molecule has 140 valence electrons. The van der Waals surface area contributed by atoms with E-state index < -0.39 is 0 Å². The monoisotopic (exact) mass is 385 g/mol. The lowest BCUT2D eigenvalue weighted by atomic mass is 10.2. The third-order valence-corrected chi connectivity index (χ3v) is 4.48. The Morgan fingerprint density at radius 2 is 1.78 bits per heavy atom. The molecule has 0 fully saturated rings. The summed E-state index contributed by atoms with van der Waals surface area (Å²) in [4.78, 5) is 12.0. The Labute approximate surface area is 161 Å². The smallest absolute Gasteiger partial charge is 0.277 e. The van der Waals surface area contributed by atoms with Crippen LogP contribution in [0.1, 0.15) is 5.56 Å². The molecule has 1 heterocycles. The average Bonchev–Trinajstić information content (AvgIpc) is 3.20. The highest BCUT2D eigenvalue weighted by Crippen LogP contribution is 2.30. The average molecular weight is 385 g/mol. The standard InChI is InChI=1S/C19H19N3O4S/c1-24-15-8-14(9-16(10-15)25-2)18-21-22-19(26-18)27-12-17(23)20-11-13-6-4-3-5-7-13/h3-10H,11-12H2,1-2H3,(H,20,23). The number of aromatic nitrogens is 2. The summed E-state index contributed by atoms with van der Waals surface area (Å²) in [5, 5.41) is 11.2. The van der Waals surface area contributed by atoms with Gasteiger partial charge < -0.3 is 19.2 Å². The van der Waals surface area contributed by atoms with Gasteiger partial charge in [-0.2, -0.15) is 0 Å². The van der Waals surface area contributed by atoms with E-state index in [2.05, 4.69) is 15.5 Å². The minimum Gasteiger partial charge on any atom is -0.497 e. The fraction of sp³-hybridized carbons (Fsp3) is 0.211. The topological polar surface area (TPSA) is 86.5 Å². The molecule has 2 aromatic carbocycles. The number of thioether (sulfide) groups is 1. The highest BCUT2D eigenvalue weighted by atomic mass is 32.2. The predicted octanol–water partition coefficient (Wildman–Crippen LogP) is 3.16. The molecule has 0 bridgehead atoms. The third kappa shape index (κ3) is 5.24. The highest BCUT2D eigenvalue weighted by Gasteiger charge is 2.13. The van der Waals surface area contributed by atoms with Crippen molar-refractivity contribution in [3.8, 4) is 23.0 Å². The molecule has 0 saturated carbocycles. The molecule has 0 atom stereocenters. The molecule has 0 spiro atoms. The molecule has 7 nitrogen and oxygen atoms in total. The summed E-state index contributed by atoms with van der Waals surface area (Å²) >= 11 is 1.18. The molecule has 0 radical (unpaired) electrons. The molecule has 27 heavy (non-hydrogen) atoms. The Kier molecular flexibility index (Phi) is 6.32. The predicted molar refractivity (Wildman–Crippen MR) is 102 cm³/mol. The van der Waals surface area contributed by atoms with Crippen molar-refractivity contribution in [2.45, 2.75) is 11.8 Å². The highest BCUT2D eigenvalue weighted by molar-refractivity contribution is 7.99. The number of rotatable bonds is 8. The third-order valence-electron chi connectivity index (χ3n) is 3.66. The van der Waals surface area contributed by atoms with Crippen molar-refractivity contribution in [3.05, 3.63) is 54.1 Å². The first kappa shape index (κ1) is 18.8. The fourth-order valence-electron chi connectivity index (χ4n) is 2.29. The Balaban J connectivity index is 1.57. The van der Waals surface area contributed by atoms with Gasteiger partial charge >= 0.3 is 0 Å². The zero-order valence-electron chi connectivity index (χ0n) is 15.0. The zero-order chi connectivity index (χ0) is 19.1. The Hall–Kier alpha value is -3.00. The van der Waals surface area contributed by atoms with Crippen molar-refractivity contribution in [1.29, 1.82) is 0 Å². The largest absolute Gasteiger partial charge is 0.497 e. The molecule has 0 saturated heterocycles. The summed E-state index contributed by atoms with van der Waals surface area (Å²) < 4.78 is 16.1. The van der Waals surface area contributed by atoms with E-state index in [1.165, 1.54) is 11.8 Å². The van der Waals surface area contributed by atoms with Crippen LogP contribution < -0.4 is 14.8 Å². The van der Waals surface area contributed by atoms with E-state index in [9.17, 15) is 4.79 Å². The second-order valence-electron chi connectivity index (χ2n) is 5.53. The van der Waals surface area contributed by atoms with Crippen LogP contribution in [0, 0.1) is 0 Å². The van der Waals surface area contributed by atoms with Gasteiger partial charge in [-0.3, -0.25) is 4.79 Å². The lowest BCUT2D eigenvalue weighted by molar-refractivity contribution is -0.118. The van der Waals surface area contributed by atoms with Crippen LogP contribution >= 0.6 is 11.8 Å². The van der Waals surface area contributed by atoms with E-state index in [0.29, 0.717) is 34.7 Å². The van der Waals surface area contributed by atoms with Crippen LogP contribution in [0.2, 0.25) is 0 Å². The van der Waals surface area contributed by atoms with E-state index in [-0.39, 0.29) is 11.7 Å². The van der Waals surface area contributed by atoms with E-state index in [0.717, 1.165) is 5.56 Å². The van der Waals surface area contributed by atoms with Crippen molar-refractivity contribution in [3.63, 3.8) is 0 Å². The van der Waals surface area contributed by atoms with Crippen molar-refractivity contribution in [2.75, 3.05) is 20.0 Å². The van der Waals surface area contributed by atoms with Gasteiger partial charge in [0.15, 0.2) is 0 Å². The Bertz CT molecular complexity index is 877. The first-order valence-electron chi connectivity index (χ1n) is 8.18. The van der Waals surface area contributed by atoms with Gasteiger partial charge in [-0.1, -0.05) is 42.1 Å². The summed E-state index contributed by atoms with van der Waals surface area (Å²) in [6, 6.07) is 15.0. The number of carbonyl (C=O) groups is 1. The summed E-state index contributed by atoms with van der Waals surface area (Å²) in [7, 11) is 3.14. The van der Waals surface area contributed by atoms with Crippen LogP contribution in [0.4, 0.5) is 0 Å². The zero-order valence-corrected chi connectivity index (χ0v) is 15.8.